The monoisotopic (exact) mass is 335 g/mol. The van der Waals surface area contributed by atoms with Crippen LogP contribution in [0.25, 0.3) is 0 Å². The molecule has 25 heavy (non-hydrogen) atoms. The fraction of sp³-hybridized carbons (Fsp3) is 0.235. The lowest BCUT2D eigenvalue weighted by Crippen LogP contribution is -2.18. The number of aromatic amines is 1. The quantitative estimate of drug-likeness (QED) is 0.557. The number of benzene rings is 1. The summed E-state index contributed by atoms with van der Waals surface area (Å²) >= 11 is 0. The van der Waals surface area contributed by atoms with Gasteiger partial charge < -0.3 is 20.5 Å². The molecule has 0 saturated heterocycles. The van der Waals surface area contributed by atoms with Crippen molar-refractivity contribution in [3.63, 3.8) is 0 Å². The van der Waals surface area contributed by atoms with Gasteiger partial charge in [-0.1, -0.05) is 6.07 Å². The van der Waals surface area contributed by atoms with Gasteiger partial charge in [0.25, 0.3) is 0 Å². The van der Waals surface area contributed by atoms with Gasteiger partial charge in [-0.3, -0.25) is 0 Å². The van der Waals surface area contributed by atoms with Gasteiger partial charge in [-0.05, 0) is 23.7 Å². The van der Waals surface area contributed by atoms with E-state index >= 15 is 0 Å². The van der Waals surface area contributed by atoms with Crippen LogP contribution >= 0.6 is 0 Å². The van der Waals surface area contributed by atoms with E-state index in [1.807, 2.05) is 46.5 Å². The minimum absolute atomic E-state index is 0.573. The molecule has 0 fully saturated rings. The summed E-state index contributed by atoms with van der Waals surface area (Å²) in [6, 6.07) is 8.13. The van der Waals surface area contributed by atoms with Crippen LogP contribution in [0.15, 0.2) is 43.0 Å². The summed E-state index contributed by atoms with van der Waals surface area (Å²) in [5.74, 6) is 1.40. The van der Waals surface area contributed by atoms with Crippen LogP contribution in [0.1, 0.15) is 5.69 Å². The molecule has 0 aliphatic heterocycles. The van der Waals surface area contributed by atoms with E-state index in [-0.39, 0.29) is 0 Å². The van der Waals surface area contributed by atoms with E-state index in [1.165, 1.54) is 0 Å². The molecule has 0 radical (unpaired) electrons. The molecule has 0 aliphatic carbocycles. The van der Waals surface area contributed by atoms with Gasteiger partial charge in [0.05, 0.1) is 12.0 Å². The lowest BCUT2D eigenvalue weighted by Gasteiger charge is -2.14. The third-order valence-electron chi connectivity index (χ3n) is 3.82. The van der Waals surface area contributed by atoms with E-state index in [4.69, 9.17) is 0 Å². The second kappa shape index (κ2) is 7.70. The van der Waals surface area contributed by atoms with Crippen molar-refractivity contribution in [1.82, 2.24) is 19.9 Å². The van der Waals surface area contributed by atoms with Crippen molar-refractivity contribution < 1.29 is 0 Å². The predicted molar refractivity (Wildman–Crippen MR) is 105 cm³/mol. The zero-order valence-corrected chi connectivity index (χ0v) is 14.7. The molecule has 3 aromatic rings. The van der Waals surface area contributed by atoms with Crippen LogP contribution in [0.3, 0.4) is 0 Å². The van der Waals surface area contributed by atoms with E-state index in [2.05, 4.69) is 47.6 Å². The molecular formula is C17H22BN7. The van der Waals surface area contributed by atoms with Crippen LogP contribution in [-0.2, 0) is 6.42 Å². The minimum Gasteiger partial charge on any atom is -0.378 e. The Morgan fingerprint density at radius 1 is 1.24 bits per heavy atom. The molecule has 3 N–H and O–H groups in total. The first-order valence-corrected chi connectivity index (χ1v) is 8.21. The number of aromatic nitrogens is 4. The van der Waals surface area contributed by atoms with E-state index in [0.717, 1.165) is 41.3 Å². The van der Waals surface area contributed by atoms with Gasteiger partial charge in [0.2, 0.25) is 5.95 Å². The zero-order valence-electron chi connectivity index (χ0n) is 14.7. The predicted octanol–water partition coefficient (Wildman–Crippen LogP) is 0.922. The SMILES string of the molecule is Bc1cnc(Nc2cccc(N(C)C)c2)nc1NCCc1c[nH]cn1. The van der Waals surface area contributed by atoms with Crippen molar-refractivity contribution in [2.75, 3.05) is 36.2 Å². The van der Waals surface area contributed by atoms with E-state index in [0.29, 0.717) is 5.95 Å². The number of nitrogens with one attached hydrogen (secondary N) is 3. The summed E-state index contributed by atoms with van der Waals surface area (Å²) in [6.45, 7) is 0.762. The van der Waals surface area contributed by atoms with Crippen molar-refractivity contribution >= 4 is 36.5 Å². The molecular weight excluding hydrogens is 313 g/mol. The average Bonchev–Trinajstić information content (AvgIpc) is 3.11. The van der Waals surface area contributed by atoms with Gasteiger partial charge in [0, 0.05) is 50.8 Å². The highest BCUT2D eigenvalue weighted by atomic mass is 15.1. The molecule has 8 heteroatoms. The second-order valence-corrected chi connectivity index (χ2v) is 6.03. The van der Waals surface area contributed by atoms with Crippen LogP contribution in [0.2, 0.25) is 0 Å². The third-order valence-corrected chi connectivity index (χ3v) is 3.82. The number of anilines is 4. The fourth-order valence-corrected chi connectivity index (χ4v) is 2.41. The van der Waals surface area contributed by atoms with Gasteiger partial charge in [0.1, 0.15) is 13.7 Å². The largest absolute Gasteiger partial charge is 0.378 e. The Morgan fingerprint density at radius 3 is 2.88 bits per heavy atom. The lowest BCUT2D eigenvalue weighted by atomic mass is 9.99. The molecule has 0 unspecified atom stereocenters. The van der Waals surface area contributed by atoms with Crippen LogP contribution in [0.4, 0.5) is 23.1 Å². The maximum Gasteiger partial charge on any atom is 0.229 e. The first-order valence-electron chi connectivity index (χ1n) is 8.21. The highest BCUT2D eigenvalue weighted by molar-refractivity contribution is 6.35. The average molecular weight is 335 g/mol. The molecule has 1 aromatic carbocycles. The molecule has 0 atom stereocenters. The van der Waals surface area contributed by atoms with Gasteiger partial charge in [-0.2, -0.15) is 4.98 Å². The third kappa shape index (κ3) is 4.50. The molecule has 2 heterocycles. The Balaban J connectivity index is 1.67. The molecule has 0 saturated carbocycles. The molecule has 2 aromatic heterocycles. The Hall–Kier alpha value is -3.03. The Labute approximate surface area is 148 Å². The minimum atomic E-state index is 0.573. The summed E-state index contributed by atoms with van der Waals surface area (Å²) in [5, 5.41) is 6.62. The van der Waals surface area contributed by atoms with Crippen molar-refractivity contribution in [3.8, 4) is 0 Å². The summed E-state index contributed by atoms with van der Waals surface area (Å²) in [7, 11) is 6.03. The maximum atomic E-state index is 4.59. The normalized spacial score (nSPS) is 10.5. The van der Waals surface area contributed by atoms with Crippen LogP contribution in [-0.4, -0.2) is 48.4 Å². The molecule has 0 spiro atoms. The van der Waals surface area contributed by atoms with E-state index in [9.17, 15) is 0 Å². The van der Waals surface area contributed by atoms with Gasteiger partial charge >= 0.3 is 0 Å². The van der Waals surface area contributed by atoms with Crippen LogP contribution in [0.5, 0.6) is 0 Å². The molecule has 3 rings (SSSR count). The number of rotatable bonds is 7. The van der Waals surface area contributed by atoms with Gasteiger partial charge in [-0.15, -0.1) is 0 Å². The van der Waals surface area contributed by atoms with Gasteiger partial charge in [-0.25, -0.2) is 9.97 Å². The number of imidazole rings is 1. The van der Waals surface area contributed by atoms with Crippen LogP contribution in [0, 0.1) is 0 Å². The summed E-state index contributed by atoms with van der Waals surface area (Å²) in [4.78, 5) is 18.2. The number of H-pyrrole nitrogens is 1. The Kier molecular flexibility index (Phi) is 5.18. The summed E-state index contributed by atoms with van der Waals surface area (Å²) in [5.41, 5.74) is 4.11. The van der Waals surface area contributed by atoms with Crippen molar-refractivity contribution in [1.29, 1.82) is 0 Å². The van der Waals surface area contributed by atoms with Crippen LogP contribution < -0.4 is 21.0 Å². The molecule has 0 aliphatic rings. The first-order chi connectivity index (χ1) is 12.1. The number of hydrogen-bond acceptors (Lipinski definition) is 6. The highest BCUT2D eigenvalue weighted by Gasteiger charge is 2.05. The number of hydrogen-bond donors (Lipinski definition) is 3. The van der Waals surface area contributed by atoms with E-state index < -0.39 is 0 Å². The molecule has 0 bridgehead atoms. The number of nitrogens with zero attached hydrogens (tertiary/aromatic N) is 4. The van der Waals surface area contributed by atoms with Crippen molar-refractivity contribution in [2.24, 2.45) is 0 Å². The fourth-order valence-electron chi connectivity index (χ4n) is 2.41. The van der Waals surface area contributed by atoms with Gasteiger partial charge in [0.15, 0.2) is 0 Å². The second-order valence-electron chi connectivity index (χ2n) is 6.03. The van der Waals surface area contributed by atoms with E-state index in [1.54, 1.807) is 6.33 Å². The first kappa shape index (κ1) is 16.8. The Morgan fingerprint density at radius 2 is 2.12 bits per heavy atom. The standard InChI is InChI=1S/C17H22BN7/c1-25(2)14-5-3-4-12(8-14)23-17-21-10-15(18)16(24-17)20-7-6-13-9-19-11-22-13/h3-5,8-11H,6-7,18H2,1-2H3,(H,19,22)(H2,20,21,23,24). The smallest absolute Gasteiger partial charge is 0.229 e. The summed E-state index contributed by atoms with van der Waals surface area (Å²) < 4.78 is 0. The molecule has 0 amide bonds. The summed E-state index contributed by atoms with van der Waals surface area (Å²) in [6.07, 6.45) is 6.25. The Bertz CT molecular complexity index is 818. The molecule has 7 nitrogen and oxygen atoms in total. The highest BCUT2D eigenvalue weighted by Crippen LogP contribution is 2.19. The maximum absolute atomic E-state index is 4.59. The zero-order chi connectivity index (χ0) is 17.6. The topological polar surface area (TPSA) is 81.8 Å². The van der Waals surface area contributed by atoms with Crippen molar-refractivity contribution in [3.05, 3.63) is 48.7 Å². The lowest BCUT2D eigenvalue weighted by molar-refractivity contribution is 0.967. The van der Waals surface area contributed by atoms with Crippen molar-refractivity contribution in [2.45, 2.75) is 6.42 Å². The molecule has 128 valence electrons.